The molecule has 0 bridgehead atoms. The Morgan fingerprint density at radius 1 is 1.46 bits per heavy atom. The van der Waals surface area contributed by atoms with Crippen LogP contribution in [0.1, 0.15) is 13.3 Å². The number of hydrogen-bond donors (Lipinski definition) is 0. The Labute approximate surface area is 77.1 Å². The Bertz CT molecular complexity index is 198. The van der Waals surface area contributed by atoms with E-state index in [1.54, 1.807) is 0 Å². The van der Waals surface area contributed by atoms with E-state index in [4.69, 9.17) is 14.2 Å². The number of ether oxygens (including phenoxy) is 3. The molecule has 0 radical (unpaired) electrons. The molecule has 4 nitrogen and oxygen atoms in total. The van der Waals surface area contributed by atoms with E-state index in [1.165, 1.54) is 0 Å². The molecule has 1 heterocycles. The fourth-order valence-corrected chi connectivity index (χ4v) is 1.66. The summed E-state index contributed by atoms with van der Waals surface area (Å²) >= 11 is 0. The van der Waals surface area contributed by atoms with Crippen LogP contribution in [0.3, 0.4) is 0 Å². The first kappa shape index (κ1) is 8.97. The highest BCUT2D eigenvalue weighted by Gasteiger charge is 2.51. The summed E-state index contributed by atoms with van der Waals surface area (Å²) in [6.07, 6.45) is 0.693. The summed E-state index contributed by atoms with van der Waals surface area (Å²) in [4.78, 5) is 11.2. The van der Waals surface area contributed by atoms with Gasteiger partial charge >= 0.3 is 5.97 Å². The minimum atomic E-state index is -0.158. The zero-order valence-corrected chi connectivity index (χ0v) is 7.69. The Balaban J connectivity index is 1.77. The van der Waals surface area contributed by atoms with Crippen molar-refractivity contribution in [1.29, 1.82) is 0 Å². The van der Waals surface area contributed by atoms with Crippen LogP contribution >= 0.6 is 0 Å². The minimum absolute atomic E-state index is 0.0167. The van der Waals surface area contributed by atoms with Crippen molar-refractivity contribution < 1.29 is 19.0 Å². The number of hydrogen-bond acceptors (Lipinski definition) is 4. The normalized spacial score (nSPS) is 33.3. The lowest BCUT2D eigenvalue weighted by Crippen LogP contribution is -2.16. The van der Waals surface area contributed by atoms with Crippen LogP contribution in [0.4, 0.5) is 0 Å². The van der Waals surface area contributed by atoms with Gasteiger partial charge in [0.15, 0.2) is 6.29 Å². The number of esters is 1. The van der Waals surface area contributed by atoms with E-state index in [2.05, 4.69) is 0 Å². The quantitative estimate of drug-likeness (QED) is 0.604. The second-order valence-corrected chi connectivity index (χ2v) is 3.37. The number of carbonyl (C=O) groups excluding carboxylic acids is 1. The maximum Gasteiger partial charge on any atom is 0.309 e. The topological polar surface area (TPSA) is 44.8 Å². The predicted molar refractivity (Wildman–Crippen MR) is 43.9 cm³/mol. The lowest BCUT2D eigenvalue weighted by Gasteiger charge is -2.07. The zero-order chi connectivity index (χ0) is 9.26. The van der Waals surface area contributed by atoms with E-state index in [1.807, 2.05) is 6.92 Å². The molecular weight excluding hydrogens is 172 g/mol. The molecule has 2 fully saturated rings. The van der Waals surface area contributed by atoms with Gasteiger partial charge in [0.2, 0.25) is 0 Å². The molecule has 0 N–H and O–H groups in total. The summed E-state index contributed by atoms with van der Waals surface area (Å²) in [6, 6.07) is 0. The molecule has 1 aliphatic carbocycles. The Kier molecular flexibility index (Phi) is 2.51. The fraction of sp³-hybridized carbons (Fsp3) is 0.889. The van der Waals surface area contributed by atoms with Crippen molar-refractivity contribution in [1.82, 2.24) is 0 Å². The Hall–Kier alpha value is -0.610. The molecule has 0 aromatic rings. The van der Waals surface area contributed by atoms with Crippen molar-refractivity contribution in [2.75, 3.05) is 19.8 Å². The second kappa shape index (κ2) is 3.64. The summed E-state index contributed by atoms with van der Waals surface area (Å²) in [6.45, 7) is 3.57. The van der Waals surface area contributed by atoms with Gasteiger partial charge in [0, 0.05) is 5.92 Å². The lowest BCUT2D eigenvalue weighted by molar-refractivity contribution is -0.146. The molecule has 0 unspecified atom stereocenters. The van der Waals surface area contributed by atoms with Gasteiger partial charge in [-0.25, -0.2) is 0 Å². The van der Waals surface area contributed by atoms with Crippen molar-refractivity contribution in [2.24, 2.45) is 11.8 Å². The standard InChI is InChI=1S/C9H14O4/c1-2-11-8(10)6-5-7(6)9-12-3-4-13-9/h6-7,9H,2-5H2,1H3/t6-,7+/m1/s1. The van der Waals surface area contributed by atoms with Crippen LogP contribution in [0.25, 0.3) is 0 Å². The van der Waals surface area contributed by atoms with Gasteiger partial charge in [0.25, 0.3) is 0 Å². The first-order valence-electron chi connectivity index (χ1n) is 4.72. The largest absolute Gasteiger partial charge is 0.466 e. The summed E-state index contributed by atoms with van der Waals surface area (Å²) in [5, 5.41) is 0. The SMILES string of the molecule is CCOC(=O)[C@@H]1C[C@@H]1C1OCCO1. The molecule has 74 valence electrons. The van der Waals surface area contributed by atoms with Crippen LogP contribution in [0.15, 0.2) is 0 Å². The molecule has 13 heavy (non-hydrogen) atoms. The second-order valence-electron chi connectivity index (χ2n) is 3.37. The highest BCUT2D eigenvalue weighted by atomic mass is 16.7. The van der Waals surface area contributed by atoms with Gasteiger partial charge in [-0.05, 0) is 13.3 Å². The minimum Gasteiger partial charge on any atom is -0.466 e. The molecule has 1 aliphatic heterocycles. The molecule has 1 saturated heterocycles. The van der Waals surface area contributed by atoms with Crippen molar-refractivity contribution in [3.63, 3.8) is 0 Å². The third kappa shape index (κ3) is 1.84. The first-order chi connectivity index (χ1) is 6.33. The van der Waals surface area contributed by atoms with E-state index >= 15 is 0 Å². The Morgan fingerprint density at radius 2 is 2.15 bits per heavy atom. The third-order valence-electron chi connectivity index (χ3n) is 2.43. The molecule has 1 saturated carbocycles. The van der Waals surface area contributed by atoms with E-state index < -0.39 is 0 Å². The molecule has 0 aromatic heterocycles. The number of rotatable bonds is 3. The number of carbonyl (C=O) groups is 1. The van der Waals surface area contributed by atoms with Gasteiger partial charge in [-0.3, -0.25) is 4.79 Å². The van der Waals surface area contributed by atoms with Crippen LogP contribution < -0.4 is 0 Å². The smallest absolute Gasteiger partial charge is 0.309 e. The summed E-state index contributed by atoms with van der Waals surface area (Å²) in [5.74, 6) is 0.149. The monoisotopic (exact) mass is 186 g/mol. The van der Waals surface area contributed by atoms with E-state index in [0.29, 0.717) is 19.8 Å². The summed E-state index contributed by atoms with van der Waals surface area (Å²) in [7, 11) is 0. The van der Waals surface area contributed by atoms with Gasteiger partial charge in [-0.2, -0.15) is 0 Å². The first-order valence-corrected chi connectivity index (χ1v) is 4.72. The molecular formula is C9H14O4. The molecule has 4 heteroatoms. The lowest BCUT2D eigenvalue weighted by atomic mass is 10.3. The van der Waals surface area contributed by atoms with Crippen molar-refractivity contribution in [3.8, 4) is 0 Å². The molecule has 2 atom stereocenters. The maximum atomic E-state index is 11.2. The molecule has 0 aromatic carbocycles. The molecule has 0 spiro atoms. The van der Waals surface area contributed by atoms with Crippen molar-refractivity contribution >= 4 is 5.97 Å². The molecule has 2 rings (SSSR count). The average Bonchev–Trinajstić information content (AvgIpc) is 2.74. The third-order valence-corrected chi connectivity index (χ3v) is 2.43. The highest BCUT2D eigenvalue weighted by molar-refractivity contribution is 5.75. The van der Waals surface area contributed by atoms with Crippen molar-refractivity contribution in [3.05, 3.63) is 0 Å². The van der Waals surface area contributed by atoms with Crippen LogP contribution in [0, 0.1) is 11.8 Å². The highest BCUT2D eigenvalue weighted by Crippen LogP contribution is 2.44. The van der Waals surface area contributed by atoms with Crippen LogP contribution in [0.2, 0.25) is 0 Å². The van der Waals surface area contributed by atoms with Crippen molar-refractivity contribution in [2.45, 2.75) is 19.6 Å². The zero-order valence-electron chi connectivity index (χ0n) is 7.69. The van der Waals surface area contributed by atoms with Gasteiger partial charge < -0.3 is 14.2 Å². The van der Waals surface area contributed by atoms with Gasteiger partial charge in [-0.15, -0.1) is 0 Å². The van der Waals surface area contributed by atoms with Gasteiger partial charge in [0.1, 0.15) is 0 Å². The summed E-state index contributed by atoms with van der Waals surface area (Å²) in [5.41, 5.74) is 0. The predicted octanol–water partition coefficient (Wildman–Crippen LogP) is 0.558. The van der Waals surface area contributed by atoms with Crippen LogP contribution in [0.5, 0.6) is 0 Å². The van der Waals surface area contributed by atoms with E-state index in [0.717, 1.165) is 6.42 Å². The summed E-state index contributed by atoms with van der Waals surface area (Å²) < 4.78 is 15.5. The molecule has 0 amide bonds. The average molecular weight is 186 g/mol. The van der Waals surface area contributed by atoms with Gasteiger partial charge in [-0.1, -0.05) is 0 Å². The van der Waals surface area contributed by atoms with E-state index in [-0.39, 0.29) is 24.1 Å². The maximum absolute atomic E-state index is 11.2. The Morgan fingerprint density at radius 3 is 2.77 bits per heavy atom. The van der Waals surface area contributed by atoms with Crippen LogP contribution in [-0.2, 0) is 19.0 Å². The van der Waals surface area contributed by atoms with E-state index in [9.17, 15) is 4.79 Å². The van der Waals surface area contributed by atoms with Crippen LogP contribution in [-0.4, -0.2) is 32.1 Å². The fourth-order valence-electron chi connectivity index (χ4n) is 1.66. The van der Waals surface area contributed by atoms with Gasteiger partial charge in [0.05, 0.1) is 25.7 Å². The molecule has 2 aliphatic rings.